The van der Waals surface area contributed by atoms with Crippen LogP contribution in [-0.4, -0.2) is 27.3 Å². The summed E-state index contributed by atoms with van der Waals surface area (Å²) in [6.45, 7) is 1.82. The van der Waals surface area contributed by atoms with Crippen LogP contribution >= 0.6 is 0 Å². The molecule has 3 aromatic rings. The van der Waals surface area contributed by atoms with E-state index in [0.29, 0.717) is 12.2 Å². The predicted molar refractivity (Wildman–Crippen MR) is 84.5 cm³/mol. The maximum Gasteiger partial charge on any atom is 0.231 e. The highest BCUT2D eigenvalue weighted by atomic mass is 16.7. The molecule has 0 fully saturated rings. The molecule has 0 spiro atoms. The molecule has 6 heteroatoms. The number of aryl methyl sites for hydroxylation is 1. The quantitative estimate of drug-likeness (QED) is 0.743. The Morgan fingerprint density at radius 1 is 1.26 bits per heavy atom. The molecule has 0 unspecified atom stereocenters. The summed E-state index contributed by atoms with van der Waals surface area (Å²) < 4.78 is 12.5. The topological polar surface area (TPSA) is 66.2 Å². The summed E-state index contributed by atoms with van der Waals surface area (Å²) in [4.78, 5) is 15.8. The predicted octanol–water partition coefficient (Wildman–Crippen LogP) is 2.50. The SMILES string of the molecule is CC(=O)Cc1cnc2c(c1)c(-c1ccc3c(c1)OCO3)nn2C. The van der Waals surface area contributed by atoms with Crippen molar-refractivity contribution < 1.29 is 14.3 Å². The van der Waals surface area contributed by atoms with Crippen LogP contribution in [0, 0.1) is 0 Å². The van der Waals surface area contributed by atoms with Gasteiger partial charge in [-0.05, 0) is 36.8 Å². The van der Waals surface area contributed by atoms with Crippen LogP contribution in [0.2, 0.25) is 0 Å². The third-order valence-electron chi connectivity index (χ3n) is 3.83. The van der Waals surface area contributed by atoms with E-state index in [1.807, 2.05) is 31.3 Å². The molecule has 0 amide bonds. The number of pyridine rings is 1. The number of fused-ring (bicyclic) bond motifs is 2. The smallest absolute Gasteiger partial charge is 0.231 e. The van der Waals surface area contributed by atoms with Crippen molar-refractivity contribution in [3.8, 4) is 22.8 Å². The van der Waals surface area contributed by atoms with Crippen molar-refractivity contribution in [1.29, 1.82) is 0 Å². The minimum absolute atomic E-state index is 0.111. The molecule has 116 valence electrons. The van der Waals surface area contributed by atoms with Crippen LogP contribution in [0.1, 0.15) is 12.5 Å². The highest BCUT2D eigenvalue weighted by Gasteiger charge is 2.18. The first-order valence-electron chi connectivity index (χ1n) is 7.33. The van der Waals surface area contributed by atoms with Crippen molar-refractivity contribution in [2.24, 2.45) is 7.05 Å². The number of ketones is 1. The normalized spacial score (nSPS) is 12.8. The van der Waals surface area contributed by atoms with Gasteiger partial charge in [-0.3, -0.25) is 4.79 Å². The standard InChI is InChI=1S/C17H15N3O3/c1-10(21)5-11-6-13-16(19-20(2)17(13)18-8-11)12-3-4-14-15(7-12)23-9-22-14/h3-4,6-8H,5,9H2,1-2H3. The summed E-state index contributed by atoms with van der Waals surface area (Å²) in [6, 6.07) is 7.73. The van der Waals surface area contributed by atoms with Crippen LogP contribution < -0.4 is 9.47 Å². The molecule has 0 bridgehead atoms. The minimum Gasteiger partial charge on any atom is -0.454 e. The molecule has 2 aromatic heterocycles. The van der Waals surface area contributed by atoms with E-state index in [1.165, 1.54) is 0 Å². The van der Waals surface area contributed by atoms with Gasteiger partial charge < -0.3 is 9.47 Å². The minimum atomic E-state index is 0.111. The molecule has 6 nitrogen and oxygen atoms in total. The first-order valence-corrected chi connectivity index (χ1v) is 7.33. The van der Waals surface area contributed by atoms with Crippen molar-refractivity contribution in [3.05, 3.63) is 36.0 Å². The molecular weight excluding hydrogens is 294 g/mol. The number of nitrogens with zero attached hydrogens (tertiary/aromatic N) is 3. The highest BCUT2D eigenvalue weighted by molar-refractivity contribution is 5.92. The molecular formula is C17H15N3O3. The lowest BCUT2D eigenvalue weighted by molar-refractivity contribution is -0.116. The number of hydrogen-bond acceptors (Lipinski definition) is 5. The number of carbonyl (C=O) groups excluding carboxylic acids is 1. The second-order valence-corrected chi connectivity index (χ2v) is 5.63. The molecule has 1 aliphatic heterocycles. The van der Waals surface area contributed by atoms with Crippen LogP contribution in [0.3, 0.4) is 0 Å². The molecule has 3 heterocycles. The number of ether oxygens (including phenoxy) is 2. The van der Waals surface area contributed by atoms with Crippen LogP contribution in [0.25, 0.3) is 22.3 Å². The number of benzene rings is 1. The Labute approximate surface area is 132 Å². The van der Waals surface area contributed by atoms with E-state index in [4.69, 9.17) is 9.47 Å². The van der Waals surface area contributed by atoms with Gasteiger partial charge in [0.05, 0.1) is 0 Å². The van der Waals surface area contributed by atoms with Gasteiger partial charge in [-0.2, -0.15) is 5.10 Å². The molecule has 23 heavy (non-hydrogen) atoms. The van der Waals surface area contributed by atoms with Crippen LogP contribution in [0.4, 0.5) is 0 Å². The molecule has 0 radical (unpaired) electrons. The van der Waals surface area contributed by atoms with Gasteiger partial charge in [0, 0.05) is 30.6 Å². The summed E-state index contributed by atoms with van der Waals surface area (Å²) in [5.74, 6) is 1.57. The fourth-order valence-corrected chi connectivity index (χ4v) is 2.83. The van der Waals surface area contributed by atoms with Crippen LogP contribution in [0.5, 0.6) is 11.5 Å². The zero-order chi connectivity index (χ0) is 16.0. The lowest BCUT2D eigenvalue weighted by Gasteiger charge is -2.02. The van der Waals surface area contributed by atoms with E-state index in [1.54, 1.807) is 17.8 Å². The molecule has 0 N–H and O–H groups in total. The lowest BCUT2D eigenvalue weighted by Crippen LogP contribution is -1.97. The maximum absolute atomic E-state index is 11.4. The van der Waals surface area contributed by atoms with E-state index in [-0.39, 0.29) is 12.6 Å². The monoisotopic (exact) mass is 309 g/mol. The molecule has 1 aromatic carbocycles. The Hall–Kier alpha value is -2.89. The highest BCUT2D eigenvalue weighted by Crippen LogP contribution is 2.37. The van der Waals surface area contributed by atoms with Crippen molar-refractivity contribution in [2.75, 3.05) is 6.79 Å². The Morgan fingerprint density at radius 2 is 2.09 bits per heavy atom. The van der Waals surface area contributed by atoms with Crippen LogP contribution in [0.15, 0.2) is 30.5 Å². The van der Waals surface area contributed by atoms with E-state index in [2.05, 4.69) is 10.1 Å². The van der Waals surface area contributed by atoms with Gasteiger partial charge >= 0.3 is 0 Å². The third-order valence-corrected chi connectivity index (χ3v) is 3.83. The summed E-state index contributed by atoms with van der Waals surface area (Å²) in [6.07, 6.45) is 2.10. The molecule has 0 saturated heterocycles. The van der Waals surface area contributed by atoms with Gasteiger partial charge in [-0.15, -0.1) is 0 Å². The first kappa shape index (κ1) is 13.8. The molecule has 4 rings (SSSR count). The largest absolute Gasteiger partial charge is 0.454 e. The maximum atomic E-state index is 11.4. The average molecular weight is 309 g/mol. The Morgan fingerprint density at radius 3 is 2.91 bits per heavy atom. The lowest BCUT2D eigenvalue weighted by atomic mass is 10.1. The van der Waals surface area contributed by atoms with Gasteiger partial charge in [-0.1, -0.05) is 0 Å². The van der Waals surface area contributed by atoms with Gasteiger partial charge in [0.1, 0.15) is 11.5 Å². The van der Waals surface area contributed by atoms with Gasteiger partial charge in [0.2, 0.25) is 6.79 Å². The van der Waals surface area contributed by atoms with Crippen molar-refractivity contribution in [1.82, 2.24) is 14.8 Å². The Kier molecular flexibility index (Phi) is 3.04. The van der Waals surface area contributed by atoms with Crippen molar-refractivity contribution in [3.63, 3.8) is 0 Å². The fourth-order valence-electron chi connectivity index (χ4n) is 2.83. The number of Topliss-reactive ketones (excluding diaryl/α,β-unsaturated/α-hetero) is 1. The number of rotatable bonds is 3. The zero-order valence-electron chi connectivity index (χ0n) is 12.9. The molecule has 0 saturated carbocycles. The van der Waals surface area contributed by atoms with Crippen molar-refractivity contribution >= 4 is 16.8 Å². The van der Waals surface area contributed by atoms with Gasteiger partial charge in [0.15, 0.2) is 17.1 Å². The average Bonchev–Trinajstić information content (AvgIpc) is 3.10. The second-order valence-electron chi connectivity index (χ2n) is 5.63. The summed E-state index contributed by atoms with van der Waals surface area (Å²) >= 11 is 0. The third kappa shape index (κ3) is 2.32. The first-order chi connectivity index (χ1) is 11.1. The summed E-state index contributed by atoms with van der Waals surface area (Å²) in [5, 5.41) is 5.50. The van der Waals surface area contributed by atoms with E-state index in [0.717, 1.165) is 33.6 Å². The van der Waals surface area contributed by atoms with Crippen LogP contribution in [-0.2, 0) is 18.3 Å². The number of hydrogen-bond donors (Lipinski definition) is 0. The Bertz CT molecular complexity index is 930. The fraction of sp³-hybridized carbons (Fsp3) is 0.235. The summed E-state index contributed by atoms with van der Waals surface area (Å²) in [7, 11) is 1.86. The Balaban J connectivity index is 1.87. The van der Waals surface area contributed by atoms with Gasteiger partial charge in [-0.25, -0.2) is 9.67 Å². The second kappa shape index (κ2) is 5.08. The van der Waals surface area contributed by atoms with Gasteiger partial charge in [0.25, 0.3) is 0 Å². The molecule has 0 atom stereocenters. The van der Waals surface area contributed by atoms with E-state index in [9.17, 15) is 4.79 Å². The van der Waals surface area contributed by atoms with Crippen molar-refractivity contribution in [2.45, 2.75) is 13.3 Å². The zero-order valence-corrected chi connectivity index (χ0v) is 12.9. The molecule has 1 aliphatic rings. The number of aromatic nitrogens is 3. The summed E-state index contributed by atoms with van der Waals surface area (Å²) in [5.41, 5.74) is 3.42. The molecule has 0 aliphatic carbocycles. The van der Waals surface area contributed by atoms with E-state index >= 15 is 0 Å². The number of carbonyl (C=O) groups is 1. The van der Waals surface area contributed by atoms with E-state index < -0.39 is 0 Å².